The van der Waals surface area contributed by atoms with Gasteiger partial charge in [0.25, 0.3) is 0 Å². The number of rotatable bonds is 6. The minimum absolute atomic E-state index is 0.343. The van der Waals surface area contributed by atoms with Crippen molar-refractivity contribution in [1.82, 2.24) is 14.9 Å². The maximum Gasteiger partial charge on any atom is 0.135 e. The third-order valence-electron chi connectivity index (χ3n) is 4.25. The second-order valence-electron chi connectivity index (χ2n) is 6.54. The van der Waals surface area contributed by atoms with Gasteiger partial charge in [0.15, 0.2) is 0 Å². The molecule has 1 atom stereocenters. The van der Waals surface area contributed by atoms with E-state index in [0.717, 1.165) is 36.6 Å². The van der Waals surface area contributed by atoms with E-state index in [4.69, 9.17) is 0 Å². The number of likely N-dealkylation sites (tertiary alicyclic amines) is 1. The molecular weight excluding hydrogens is 262 g/mol. The normalized spacial score (nSPS) is 22.8. The van der Waals surface area contributed by atoms with Crippen molar-refractivity contribution in [2.24, 2.45) is 0 Å². The highest BCUT2D eigenvalue weighted by Gasteiger charge is 2.34. The second kappa shape index (κ2) is 6.18. The first-order valence-corrected chi connectivity index (χ1v) is 8.29. The summed E-state index contributed by atoms with van der Waals surface area (Å²) < 4.78 is 0. The van der Waals surface area contributed by atoms with Gasteiger partial charge >= 0.3 is 0 Å². The molecule has 1 aliphatic carbocycles. The number of aromatic nitrogens is 2. The Hall–Kier alpha value is -1.36. The van der Waals surface area contributed by atoms with Crippen molar-refractivity contribution in [2.75, 3.05) is 30.3 Å². The SMILES string of the molecule is CCNc1cc(NC2CCN(C3CC3)C2)nc(C(C)C)n1. The molecule has 21 heavy (non-hydrogen) atoms. The Morgan fingerprint density at radius 2 is 2.00 bits per heavy atom. The van der Waals surface area contributed by atoms with E-state index >= 15 is 0 Å². The van der Waals surface area contributed by atoms with Crippen LogP contribution in [-0.4, -0.2) is 46.6 Å². The summed E-state index contributed by atoms with van der Waals surface area (Å²) in [5, 5.41) is 6.92. The molecule has 1 saturated carbocycles. The summed E-state index contributed by atoms with van der Waals surface area (Å²) in [6.45, 7) is 9.63. The van der Waals surface area contributed by atoms with Gasteiger partial charge in [-0.25, -0.2) is 9.97 Å². The zero-order chi connectivity index (χ0) is 14.8. The molecule has 2 heterocycles. The predicted molar refractivity (Wildman–Crippen MR) is 86.9 cm³/mol. The van der Waals surface area contributed by atoms with E-state index in [-0.39, 0.29) is 0 Å². The quantitative estimate of drug-likeness (QED) is 0.843. The Labute approximate surface area is 127 Å². The van der Waals surface area contributed by atoms with Gasteiger partial charge in [0.1, 0.15) is 17.5 Å². The highest BCUT2D eigenvalue weighted by atomic mass is 15.2. The lowest BCUT2D eigenvalue weighted by Crippen LogP contribution is -2.28. The third-order valence-corrected chi connectivity index (χ3v) is 4.25. The molecule has 1 unspecified atom stereocenters. The largest absolute Gasteiger partial charge is 0.370 e. The minimum atomic E-state index is 0.343. The lowest BCUT2D eigenvalue weighted by atomic mass is 10.2. The van der Waals surface area contributed by atoms with E-state index in [1.54, 1.807) is 0 Å². The van der Waals surface area contributed by atoms with Crippen LogP contribution in [0.2, 0.25) is 0 Å². The monoisotopic (exact) mass is 289 g/mol. The van der Waals surface area contributed by atoms with E-state index in [1.807, 2.05) is 6.07 Å². The molecular formula is C16H27N5. The molecule has 1 saturated heterocycles. The number of hydrogen-bond acceptors (Lipinski definition) is 5. The summed E-state index contributed by atoms with van der Waals surface area (Å²) in [5.74, 6) is 3.15. The molecule has 0 radical (unpaired) electrons. The van der Waals surface area contributed by atoms with E-state index in [1.165, 1.54) is 25.8 Å². The fraction of sp³-hybridized carbons (Fsp3) is 0.750. The first-order valence-electron chi connectivity index (χ1n) is 8.29. The average molecular weight is 289 g/mol. The molecule has 1 aliphatic heterocycles. The van der Waals surface area contributed by atoms with Crippen molar-refractivity contribution in [2.45, 2.75) is 58.0 Å². The standard InChI is InChI=1S/C16H27N5/c1-4-17-14-9-15(20-16(19-14)11(2)3)18-12-7-8-21(10-12)13-5-6-13/h9,11-13H,4-8,10H2,1-3H3,(H2,17,18,19,20). The Morgan fingerprint density at radius 3 is 2.67 bits per heavy atom. The summed E-state index contributed by atoms with van der Waals surface area (Å²) in [7, 11) is 0. The maximum absolute atomic E-state index is 4.68. The molecule has 116 valence electrons. The van der Waals surface area contributed by atoms with Gasteiger partial charge in [-0.1, -0.05) is 13.8 Å². The Morgan fingerprint density at radius 1 is 1.24 bits per heavy atom. The summed E-state index contributed by atoms with van der Waals surface area (Å²) in [4.78, 5) is 11.9. The summed E-state index contributed by atoms with van der Waals surface area (Å²) >= 11 is 0. The van der Waals surface area contributed by atoms with Crippen molar-refractivity contribution in [3.05, 3.63) is 11.9 Å². The second-order valence-corrected chi connectivity index (χ2v) is 6.54. The van der Waals surface area contributed by atoms with Crippen LogP contribution in [0.1, 0.15) is 51.8 Å². The van der Waals surface area contributed by atoms with Crippen LogP contribution >= 0.6 is 0 Å². The highest BCUT2D eigenvalue weighted by Crippen LogP contribution is 2.30. The van der Waals surface area contributed by atoms with Crippen LogP contribution in [0.4, 0.5) is 11.6 Å². The van der Waals surface area contributed by atoms with Crippen LogP contribution in [0.25, 0.3) is 0 Å². The van der Waals surface area contributed by atoms with Crippen LogP contribution in [0.15, 0.2) is 6.07 Å². The molecule has 5 nitrogen and oxygen atoms in total. The van der Waals surface area contributed by atoms with Crippen LogP contribution < -0.4 is 10.6 Å². The van der Waals surface area contributed by atoms with Crippen LogP contribution in [0, 0.1) is 0 Å². The first kappa shape index (κ1) is 14.6. The van der Waals surface area contributed by atoms with Crippen LogP contribution in [0.5, 0.6) is 0 Å². The van der Waals surface area contributed by atoms with Crippen LogP contribution in [-0.2, 0) is 0 Å². The first-order chi connectivity index (χ1) is 10.2. The van der Waals surface area contributed by atoms with Crippen LogP contribution in [0.3, 0.4) is 0 Å². The van der Waals surface area contributed by atoms with Gasteiger partial charge in [-0.2, -0.15) is 0 Å². The zero-order valence-corrected chi connectivity index (χ0v) is 13.4. The summed E-state index contributed by atoms with van der Waals surface area (Å²) in [5.41, 5.74) is 0. The summed E-state index contributed by atoms with van der Waals surface area (Å²) in [6, 6.07) is 3.43. The third kappa shape index (κ3) is 3.64. The molecule has 0 aromatic carbocycles. The van der Waals surface area contributed by atoms with Gasteiger partial charge in [-0.05, 0) is 26.2 Å². The van der Waals surface area contributed by atoms with Gasteiger partial charge in [-0.3, -0.25) is 4.90 Å². The van der Waals surface area contributed by atoms with E-state index in [0.29, 0.717) is 12.0 Å². The van der Waals surface area contributed by atoms with Crippen molar-refractivity contribution in [3.8, 4) is 0 Å². The molecule has 1 aromatic heterocycles. The number of nitrogens with one attached hydrogen (secondary N) is 2. The van der Waals surface area contributed by atoms with E-state index < -0.39 is 0 Å². The van der Waals surface area contributed by atoms with Gasteiger partial charge in [0.05, 0.1) is 0 Å². The highest BCUT2D eigenvalue weighted by molar-refractivity contribution is 5.48. The molecule has 2 N–H and O–H groups in total. The minimum Gasteiger partial charge on any atom is -0.370 e. The van der Waals surface area contributed by atoms with Gasteiger partial charge in [0, 0.05) is 43.7 Å². The Balaban J connectivity index is 1.68. The van der Waals surface area contributed by atoms with Gasteiger partial charge in [-0.15, -0.1) is 0 Å². The van der Waals surface area contributed by atoms with Crippen molar-refractivity contribution < 1.29 is 0 Å². The molecule has 2 fully saturated rings. The molecule has 0 amide bonds. The topological polar surface area (TPSA) is 53.1 Å². The van der Waals surface area contributed by atoms with Gasteiger partial charge in [0.2, 0.25) is 0 Å². The Bertz CT molecular complexity index is 484. The van der Waals surface area contributed by atoms with Crippen molar-refractivity contribution >= 4 is 11.6 Å². The number of anilines is 2. The maximum atomic E-state index is 4.68. The molecule has 1 aromatic rings. The molecule has 2 aliphatic rings. The fourth-order valence-electron chi connectivity index (χ4n) is 2.96. The average Bonchev–Trinajstić information content (AvgIpc) is 3.20. The van der Waals surface area contributed by atoms with Crippen molar-refractivity contribution in [3.63, 3.8) is 0 Å². The lowest BCUT2D eigenvalue weighted by molar-refractivity contribution is 0.326. The summed E-state index contributed by atoms with van der Waals surface area (Å²) in [6.07, 6.45) is 4.00. The predicted octanol–water partition coefficient (Wildman–Crippen LogP) is 2.68. The number of hydrogen-bond donors (Lipinski definition) is 2. The lowest BCUT2D eigenvalue weighted by Gasteiger charge is -2.17. The molecule has 0 bridgehead atoms. The number of nitrogens with zero attached hydrogens (tertiary/aromatic N) is 3. The fourth-order valence-corrected chi connectivity index (χ4v) is 2.96. The molecule has 3 rings (SSSR count). The van der Waals surface area contributed by atoms with Gasteiger partial charge < -0.3 is 10.6 Å². The van der Waals surface area contributed by atoms with E-state index in [9.17, 15) is 0 Å². The molecule has 0 spiro atoms. The zero-order valence-electron chi connectivity index (χ0n) is 13.4. The smallest absolute Gasteiger partial charge is 0.135 e. The van der Waals surface area contributed by atoms with E-state index in [2.05, 4.69) is 46.3 Å². The Kier molecular flexibility index (Phi) is 4.29. The molecule has 5 heteroatoms. The van der Waals surface area contributed by atoms with Crippen molar-refractivity contribution in [1.29, 1.82) is 0 Å².